The molecule has 0 aliphatic rings. The lowest BCUT2D eigenvalue weighted by Crippen LogP contribution is -2.15. The van der Waals surface area contributed by atoms with Crippen molar-refractivity contribution < 1.29 is 17.9 Å². The molecule has 96 valence electrons. The minimum Gasteiger partial charge on any atom is -0.491 e. The average Bonchev–Trinajstić information content (AvgIpc) is 2.21. The van der Waals surface area contributed by atoms with Gasteiger partial charge in [0.25, 0.3) is 0 Å². The van der Waals surface area contributed by atoms with Crippen LogP contribution in [0, 0.1) is 6.92 Å². The van der Waals surface area contributed by atoms with E-state index in [1.807, 2.05) is 0 Å². The summed E-state index contributed by atoms with van der Waals surface area (Å²) in [6.07, 6.45) is 0. The van der Waals surface area contributed by atoms with Crippen molar-refractivity contribution in [3.63, 3.8) is 0 Å². The minimum absolute atomic E-state index is 0.0232. The summed E-state index contributed by atoms with van der Waals surface area (Å²) < 4.78 is 32.9. The van der Waals surface area contributed by atoms with Crippen LogP contribution in [0.1, 0.15) is 5.56 Å². The molecule has 0 aliphatic heterocycles. The van der Waals surface area contributed by atoms with Gasteiger partial charge in [0.15, 0.2) is 0 Å². The van der Waals surface area contributed by atoms with Crippen LogP contribution in [0.3, 0.4) is 0 Å². The highest BCUT2D eigenvalue weighted by molar-refractivity contribution is 7.89. The molecule has 0 unspecified atom stereocenters. The molecule has 0 radical (unpaired) electrons. The maximum atomic E-state index is 11.3. The third-order valence-corrected chi connectivity index (χ3v) is 3.22. The molecule has 1 rings (SSSR count). The molecule has 0 saturated carbocycles. The molecular weight excluding hydrogens is 244 g/mol. The van der Waals surface area contributed by atoms with E-state index in [1.54, 1.807) is 20.1 Å². The second-order valence-corrected chi connectivity index (χ2v) is 5.06. The molecule has 0 atom stereocenters. The first-order valence-corrected chi connectivity index (χ1v) is 6.45. The van der Waals surface area contributed by atoms with Gasteiger partial charge in [-0.1, -0.05) is 0 Å². The summed E-state index contributed by atoms with van der Waals surface area (Å²) in [6.45, 7) is 2.32. The Morgan fingerprint density at radius 1 is 1.29 bits per heavy atom. The van der Waals surface area contributed by atoms with Crippen LogP contribution in [0.2, 0.25) is 0 Å². The van der Waals surface area contributed by atoms with Gasteiger partial charge in [-0.25, -0.2) is 13.6 Å². The second kappa shape index (κ2) is 5.35. The maximum Gasteiger partial charge on any atom is 0.238 e. The van der Waals surface area contributed by atoms with E-state index in [4.69, 9.17) is 20.3 Å². The maximum absolute atomic E-state index is 11.3. The van der Waals surface area contributed by atoms with Gasteiger partial charge in [0.2, 0.25) is 10.0 Å². The molecule has 0 aliphatic carbocycles. The Kier molecular flexibility index (Phi) is 4.33. The molecule has 0 bridgehead atoms. The third-order valence-electron chi connectivity index (χ3n) is 2.19. The summed E-state index contributed by atoms with van der Waals surface area (Å²) in [7, 11) is -2.25. The lowest BCUT2D eigenvalue weighted by Gasteiger charge is -2.12. The van der Waals surface area contributed by atoms with Crippen LogP contribution in [-0.4, -0.2) is 28.7 Å². The van der Waals surface area contributed by atoms with Gasteiger partial charge in [-0.2, -0.15) is 0 Å². The van der Waals surface area contributed by atoms with Crippen molar-refractivity contribution in [3.8, 4) is 5.75 Å². The van der Waals surface area contributed by atoms with Crippen molar-refractivity contribution in [2.75, 3.05) is 26.1 Å². The highest BCUT2D eigenvalue weighted by atomic mass is 32.2. The first-order chi connectivity index (χ1) is 7.86. The van der Waals surface area contributed by atoms with Crippen LogP contribution in [-0.2, 0) is 14.8 Å². The Bertz CT molecular complexity index is 499. The smallest absolute Gasteiger partial charge is 0.238 e. The highest BCUT2D eigenvalue weighted by Crippen LogP contribution is 2.27. The Hall–Kier alpha value is -1.31. The number of nitrogen functional groups attached to an aromatic ring is 1. The summed E-state index contributed by atoms with van der Waals surface area (Å²) in [5.41, 5.74) is 6.32. The summed E-state index contributed by atoms with van der Waals surface area (Å²) in [5, 5.41) is 5.09. The van der Waals surface area contributed by atoms with Gasteiger partial charge in [0, 0.05) is 24.4 Å². The molecule has 1 aromatic rings. The fraction of sp³-hybridized carbons (Fsp3) is 0.400. The number of nitrogens with two attached hydrogens (primary N) is 2. The molecule has 0 spiro atoms. The van der Waals surface area contributed by atoms with E-state index in [0.717, 1.165) is 0 Å². The molecule has 0 aromatic heterocycles. The first kappa shape index (κ1) is 13.8. The Morgan fingerprint density at radius 2 is 1.94 bits per heavy atom. The van der Waals surface area contributed by atoms with Crippen LogP contribution in [0.4, 0.5) is 5.69 Å². The Labute approximate surface area is 101 Å². The molecule has 7 heteroatoms. The zero-order valence-electron chi connectivity index (χ0n) is 9.76. The van der Waals surface area contributed by atoms with Crippen molar-refractivity contribution >= 4 is 15.7 Å². The van der Waals surface area contributed by atoms with E-state index >= 15 is 0 Å². The van der Waals surface area contributed by atoms with Gasteiger partial charge in [-0.3, -0.25) is 0 Å². The molecular formula is C10H16N2O4S. The topological polar surface area (TPSA) is 105 Å². The van der Waals surface area contributed by atoms with Crippen molar-refractivity contribution in [3.05, 3.63) is 17.7 Å². The molecule has 0 amide bonds. The van der Waals surface area contributed by atoms with E-state index in [2.05, 4.69) is 0 Å². The average molecular weight is 260 g/mol. The van der Waals surface area contributed by atoms with Crippen molar-refractivity contribution in [2.45, 2.75) is 11.8 Å². The van der Waals surface area contributed by atoms with Gasteiger partial charge in [0.1, 0.15) is 12.4 Å². The zero-order chi connectivity index (χ0) is 13.1. The van der Waals surface area contributed by atoms with E-state index in [0.29, 0.717) is 24.5 Å². The van der Waals surface area contributed by atoms with Crippen molar-refractivity contribution in [1.29, 1.82) is 0 Å². The van der Waals surface area contributed by atoms with Gasteiger partial charge in [0.05, 0.1) is 11.5 Å². The number of sulfonamides is 1. The van der Waals surface area contributed by atoms with E-state index in [9.17, 15) is 8.42 Å². The molecule has 0 heterocycles. The second-order valence-electron chi connectivity index (χ2n) is 3.53. The van der Waals surface area contributed by atoms with Crippen LogP contribution in [0.15, 0.2) is 17.0 Å². The van der Waals surface area contributed by atoms with Gasteiger partial charge >= 0.3 is 0 Å². The quantitative estimate of drug-likeness (QED) is 0.583. The predicted molar refractivity (Wildman–Crippen MR) is 64.3 cm³/mol. The van der Waals surface area contributed by atoms with Gasteiger partial charge < -0.3 is 15.2 Å². The molecule has 17 heavy (non-hydrogen) atoms. The highest BCUT2D eigenvalue weighted by Gasteiger charge is 2.16. The van der Waals surface area contributed by atoms with Gasteiger partial charge in [-0.05, 0) is 13.0 Å². The minimum atomic E-state index is -3.80. The normalized spacial score (nSPS) is 11.5. The number of hydrogen-bond donors (Lipinski definition) is 2. The largest absolute Gasteiger partial charge is 0.491 e. The number of rotatable bonds is 5. The zero-order valence-corrected chi connectivity index (χ0v) is 10.6. The van der Waals surface area contributed by atoms with Gasteiger partial charge in [-0.15, -0.1) is 0 Å². The fourth-order valence-corrected chi connectivity index (χ4v) is 2.19. The summed E-state index contributed by atoms with van der Waals surface area (Å²) in [6, 6.07) is 2.87. The Morgan fingerprint density at radius 3 is 2.47 bits per heavy atom. The molecule has 1 aromatic carbocycles. The molecule has 0 fully saturated rings. The Balaban J connectivity index is 3.11. The fourth-order valence-electron chi connectivity index (χ4n) is 1.36. The number of hydrogen-bond acceptors (Lipinski definition) is 5. The van der Waals surface area contributed by atoms with E-state index in [1.165, 1.54) is 6.07 Å². The number of methoxy groups -OCH3 is 1. The predicted octanol–water partition coefficient (Wildman–Crippen LogP) is 0.250. The van der Waals surface area contributed by atoms with Crippen LogP contribution in [0.5, 0.6) is 5.75 Å². The van der Waals surface area contributed by atoms with Crippen LogP contribution in [0.25, 0.3) is 0 Å². The molecule has 4 N–H and O–H groups in total. The number of primary sulfonamides is 1. The third kappa shape index (κ3) is 3.58. The summed E-state index contributed by atoms with van der Waals surface area (Å²) in [5.74, 6) is 0.395. The number of ether oxygens (including phenoxy) is 2. The summed E-state index contributed by atoms with van der Waals surface area (Å²) in [4.78, 5) is -0.0232. The van der Waals surface area contributed by atoms with Crippen LogP contribution >= 0.6 is 0 Å². The van der Waals surface area contributed by atoms with E-state index < -0.39 is 10.0 Å². The lowest BCUT2D eigenvalue weighted by atomic mass is 10.2. The molecule has 6 nitrogen and oxygen atoms in total. The number of benzene rings is 1. The molecule has 0 saturated heterocycles. The standard InChI is InChI=1S/C10H16N2O4S/c1-7-9(16-4-3-15-2)5-8(11)6-10(7)17(12,13)14/h5-6H,3-4,11H2,1-2H3,(H2,12,13,14). The van der Waals surface area contributed by atoms with Crippen molar-refractivity contribution in [1.82, 2.24) is 0 Å². The van der Waals surface area contributed by atoms with Crippen molar-refractivity contribution in [2.24, 2.45) is 5.14 Å². The SMILES string of the molecule is COCCOc1cc(N)cc(S(N)(=O)=O)c1C. The summed E-state index contributed by atoms with van der Waals surface area (Å²) >= 11 is 0. The lowest BCUT2D eigenvalue weighted by molar-refractivity contribution is 0.146. The van der Waals surface area contributed by atoms with Crippen LogP contribution < -0.4 is 15.6 Å². The monoisotopic (exact) mass is 260 g/mol. The first-order valence-electron chi connectivity index (χ1n) is 4.91. The number of anilines is 1. The van der Waals surface area contributed by atoms with E-state index in [-0.39, 0.29) is 10.6 Å².